The third-order valence-corrected chi connectivity index (χ3v) is 3.33. The van der Waals surface area contributed by atoms with E-state index in [4.69, 9.17) is 4.74 Å². The van der Waals surface area contributed by atoms with E-state index in [2.05, 4.69) is 4.99 Å². The second kappa shape index (κ2) is 3.67. The Morgan fingerprint density at radius 1 is 1.11 bits per heavy atom. The molecule has 1 heterocycles. The predicted octanol–water partition coefficient (Wildman–Crippen LogP) is 3.03. The number of fused-ring (bicyclic) bond motifs is 1. The van der Waals surface area contributed by atoms with E-state index in [0.29, 0.717) is 5.90 Å². The summed E-state index contributed by atoms with van der Waals surface area (Å²) in [7, 11) is 0. The molecule has 0 aliphatic carbocycles. The molecule has 1 atom stereocenters. The van der Waals surface area contributed by atoms with Crippen LogP contribution in [0.1, 0.15) is 19.4 Å². The van der Waals surface area contributed by atoms with Crippen LogP contribution in [0.2, 0.25) is 0 Å². The normalized spacial score (nSPS) is 23.0. The van der Waals surface area contributed by atoms with Crippen LogP contribution in [-0.2, 0) is 15.1 Å². The summed E-state index contributed by atoms with van der Waals surface area (Å²) in [6, 6.07) is 13.9. The highest BCUT2D eigenvalue weighted by atomic mass is 16.6. The fraction of sp³-hybridized carbons (Fsp3) is 0.200. The van der Waals surface area contributed by atoms with Crippen LogP contribution in [0.25, 0.3) is 10.8 Å². The van der Waals surface area contributed by atoms with Crippen LogP contribution in [0.4, 0.5) is 0 Å². The average Bonchev–Trinajstić information content (AvgIpc) is 2.63. The third-order valence-electron chi connectivity index (χ3n) is 3.33. The van der Waals surface area contributed by atoms with Crippen LogP contribution in [0, 0.1) is 0 Å². The molecule has 2 aromatic carbocycles. The van der Waals surface area contributed by atoms with E-state index in [1.54, 1.807) is 13.8 Å². The van der Waals surface area contributed by atoms with E-state index in [9.17, 15) is 4.79 Å². The molecule has 0 saturated heterocycles. The quantitative estimate of drug-likeness (QED) is 0.717. The van der Waals surface area contributed by atoms with Gasteiger partial charge in [0.15, 0.2) is 11.4 Å². The third kappa shape index (κ3) is 1.44. The zero-order chi connectivity index (χ0) is 12.8. The van der Waals surface area contributed by atoms with Crippen molar-refractivity contribution in [2.45, 2.75) is 19.4 Å². The highest BCUT2D eigenvalue weighted by Crippen LogP contribution is 2.36. The number of esters is 1. The molecule has 3 heteroatoms. The Hall–Kier alpha value is -2.16. The fourth-order valence-corrected chi connectivity index (χ4v) is 2.44. The van der Waals surface area contributed by atoms with Gasteiger partial charge in [0.05, 0.1) is 0 Å². The maximum atomic E-state index is 12.0. The Morgan fingerprint density at radius 3 is 2.56 bits per heavy atom. The average molecular weight is 239 g/mol. The first-order valence-electron chi connectivity index (χ1n) is 5.88. The van der Waals surface area contributed by atoms with Crippen molar-refractivity contribution in [3.63, 3.8) is 0 Å². The molecule has 0 spiro atoms. The molecule has 0 bridgehead atoms. The second-order valence-electron chi connectivity index (χ2n) is 4.62. The molecule has 0 fully saturated rings. The molecule has 2 aromatic rings. The number of aliphatic imine (C=N–C) groups is 1. The lowest BCUT2D eigenvalue weighted by molar-refractivity contribution is -0.138. The van der Waals surface area contributed by atoms with E-state index in [1.807, 2.05) is 42.5 Å². The molecule has 0 aromatic heterocycles. The SMILES string of the molecule is CC1=NC(C)(c2cccc3ccccc23)C(=O)O1. The summed E-state index contributed by atoms with van der Waals surface area (Å²) in [6.07, 6.45) is 0. The van der Waals surface area contributed by atoms with Crippen molar-refractivity contribution in [2.75, 3.05) is 0 Å². The number of hydrogen-bond acceptors (Lipinski definition) is 3. The van der Waals surface area contributed by atoms with E-state index < -0.39 is 5.54 Å². The van der Waals surface area contributed by atoms with Gasteiger partial charge in [0.25, 0.3) is 0 Å². The Balaban J connectivity index is 2.30. The summed E-state index contributed by atoms with van der Waals surface area (Å²) in [5, 5.41) is 2.14. The molecule has 0 saturated carbocycles. The van der Waals surface area contributed by atoms with Crippen LogP contribution in [0.15, 0.2) is 47.5 Å². The first kappa shape index (κ1) is 11.0. The number of carbonyl (C=O) groups is 1. The van der Waals surface area contributed by atoms with Gasteiger partial charge in [0, 0.05) is 6.92 Å². The number of ether oxygens (including phenoxy) is 1. The summed E-state index contributed by atoms with van der Waals surface area (Å²) in [6.45, 7) is 3.50. The lowest BCUT2D eigenvalue weighted by Crippen LogP contribution is -2.27. The summed E-state index contributed by atoms with van der Waals surface area (Å²) in [5.74, 6) is 0.117. The smallest absolute Gasteiger partial charge is 0.344 e. The number of hydrogen-bond donors (Lipinski definition) is 0. The largest absolute Gasteiger partial charge is 0.410 e. The number of benzene rings is 2. The number of carbonyl (C=O) groups excluding carboxylic acids is 1. The molecule has 90 valence electrons. The van der Waals surface area contributed by atoms with Gasteiger partial charge in [-0.25, -0.2) is 9.79 Å². The van der Waals surface area contributed by atoms with Gasteiger partial charge in [-0.3, -0.25) is 0 Å². The zero-order valence-electron chi connectivity index (χ0n) is 10.3. The van der Waals surface area contributed by atoms with Crippen LogP contribution >= 0.6 is 0 Å². The molecular weight excluding hydrogens is 226 g/mol. The topological polar surface area (TPSA) is 38.7 Å². The molecule has 3 nitrogen and oxygen atoms in total. The van der Waals surface area contributed by atoms with Crippen LogP contribution in [-0.4, -0.2) is 11.9 Å². The monoisotopic (exact) mass is 239 g/mol. The molecular formula is C15H13NO2. The lowest BCUT2D eigenvalue weighted by atomic mass is 9.89. The minimum Gasteiger partial charge on any atom is -0.410 e. The molecule has 0 radical (unpaired) electrons. The van der Waals surface area contributed by atoms with Crippen molar-refractivity contribution in [2.24, 2.45) is 4.99 Å². The van der Waals surface area contributed by atoms with E-state index >= 15 is 0 Å². The van der Waals surface area contributed by atoms with Crippen molar-refractivity contribution in [1.29, 1.82) is 0 Å². The fourth-order valence-electron chi connectivity index (χ4n) is 2.44. The van der Waals surface area contributed by atoms with Gasteiger partial charge < -0.3 is 4.74 Å². The van der Waals surface area contributed by atoms with Gasteiger partial charge in [0.1, 0.15) is 0 Å². The van der Waals surface area contributed by atoms with Gasteiger partial charge in [-0.2, -0.15) is 0 Å². The Morgan fingerprint density at radius 2 is 1.83 bits per heavy atom. The van der Waals surface area contributed by atoms with Gasteiger partial charge >= 0.3 is 5.97 Å². The van der Waals surface area contributed by atoms with Crippen molar-refractivity contribution < 1.29 is 9.53 Å². The number of rotatable bonds is 1. The van der Waals surface area contributed by atoms with Crippen molar-refractivity contribution >= 4 is 22.6 Å². The summed E-state index contributed by atoms with van der Waals surface area (Å²) < 4.78 is 5.09. The Kier molecular flexibility index (Phi) is 2.23. The van der Waals surface area contributed by atoms with Crippen molar-refractivity contribution in [1.82, 2.24) is 0 Å². The molecule has 1 unspecified atom stereocenters. The minimum atomic E-state index is -0.926. The number of nitrogens with zero attached hydrogens (tertiary/aromatic N) is 1. The first-order valence-corrected chi connectivity index (χ1v) is 5.88. The maximum absolute atomic E-state index is 12.0. The molecule has 0 amide bonds. The Labute approximate surface area is 105 Å². The van der Waals surface area contributed by atoms with E-state index in [0.717, 1.165) is 16.3 Å². The molecule has 1 aliphatic heterocycles. The molecule has 3 rings (SSSR count). The van der Waals surface area contributed by atoms with Crippen LogP contribution in [0.3, 0.4) is 0 Å². The first-order chi connectivity index (χ1) is 8.61. The second-order valence-corrected chi connectivity index (χ2v) is 4.62. The molecule has 1 aliphatic rings. The number of cyclic esters (lactones) is 1. The summed E-state index contributed by atoms with van der Waals surface area (Å²) in [4.78, 5) is 16.4. The van der Waals surface area contributed by atoms with E-state index in [-0.39, 0.29) is 5.97 Å². The molecule has 18 heavy (non-hydrogen) atoms. The van der Waals surface area contributed by atoms with Crippen LogP contribution < -0.4 is 0 Å². The summed E-state index contributed by atoms with van der Waals surface area (Å²) >= 11 is 0. The maximum Gasteiger partial charge on any atom is 0.344 e. The van der Waals surface area contributed by atoms with Gasteiger partial charge in [-0.1, -0.05) is 42.5 Å². The van der Waals surface area contributed by atoms with Crippen molar-refractivity contribution in [3.05, 3.63) is 48.0 Å². The summed E-state index contributed by atoms with van der Waals surface area (Å²) in [5.41, 5.74) is -0.0345. The predicted molar refractivity (Wildman–Crippen MR) is 70.5 cm³/mol. The standard InChI is InChI=1S/C15H13NO2/c1-10-16-15(2,14(17)18-10)13-9-5-7-11-6-3-4-8-12(11)13/h3-9H,1-2H3. The van der Waals surface area contributed by atoms with Crippen LogP contribution in [0.5, 0.6) is 0 Å². The van der Waals surface area contributed by atoms with Gasteiger partial charge in [0.2, 0.25) is 0 Å². The Bertz CT molecular complexity index is 670. The van der Waals surface area contributed by atoms with Gasteiger partial charge in [-0.05, 0) is 23.3 Å². The minimum absolute atomic E-state index is 0.309. The van der Waals surface area contributed by atoms with Gasteiger partial charge in [-0.15, -0.1) is 0 Å². The highest BCUT2D eigenvalue weighted by Gasteiger charge is 2.42. The highest BCUT2D eigenvalue weighted by molar-refractivity contribution is 6.02. The zero-order valence-corrected chi connectivity index (χ0v) is 10.3. The van der Waals surface area contributed by atoms with Crippen molar-refractivity contribution in [3.8, 4) is 0 Å². The molecule has 0 N–H and O–H groups in total. The van der Waals surface area contributed by atoms with E-state index in [1.165, 1.54) is 0 Å². The lowest BCUT2D eigenvalue weighted by Gasteiger charge is -2.18.